The zero-order valence-corrected chi connectivity index (χ0v) is 19.5. The first-order valence-electron chi connectivity index (χ1n) is 11.6. The van der Waals surface area contributed by atoms with Crippen LogP contribution < -0.4 is 10.2 Å². The summed E-state index contributed by atoms with van der Waals surface area (Å²) >= 11 is 1.55. The number of amides is 3. The molecule has 9 heteroatoms. The number of nitrogens with one attached hydrogen (secondary N) is 1. The molecule has 4 heterocycles. The number of hydrogen-bond donors (Lipinski definition) is 1. The van der Waals surface area contributed by atoms with Gasteiger partial charge in [-0.3, -0.25) is 24.6 Å². The summed E-state index contributed by atoms with van der Waals surface area (Å²) in [5.41, 5.74) is 2.79. The van der Waals surface area contributed by atoms with Crippen LogP contribution in [-0.2, 0) is 22.7 Å². The minimum atomic E-state index is -0.573. The van der Waals surface area contributed by atoms with Crippen LogP contribution in [0.15, 0.2) is 42.5 Å². The summed E-state index contributed by atoms with van der Waals surface area (Å²) in [4.78, 5) is 43.0. The molecule has 3 aliphatic rings. The van der Waals surface area contributed by atoms with Gasteiger partial charge in [-0.2, -0.15) is 4.37 Å². The highest BCUT2D eigenvalue weighted by molar-refractivity contribution is 7.13. The molecule has 6 rings (SSSR count). The third-order valence-electron chi connectivity index (χ3n) is 7.02. The van der Waals surface area contributed by atoms with Crippen LogP contribution in [0.4, 0.5) is 5.82 Å². The topological polar surface area (TPSA) is 85.9 Å². The van der Waals surface area contributed by atoms with Gasteiger partial charge in [0.05, 0.1) is 4.70 Å². The molecule has 0 spiro atoms. The molecule has 1 atom stereocenters. The Hall–Kier alpha value is -3.30. The maximum atomic E-state index is 12.9. The number of piperazine rings is 1. The van der Waals surface area contributed by atoms with Gasteiger partial charge in [0.25, 0.3) is 5.91 Å². The van der Waals surface area contributed by atoms with E-state index in [4.69, 9.17) is 4.37 Å². The fourth-order valence-electron chi connectivity index (χ4n) is 5.20. The molecule has 3 amide bonds. The van der Waals surface area contributed by atoms with Crippen molar-refractivity contribution in [2.75, 3.05) is 31.1 Å². The van der Waals surface area contributed by atoms with Gasteiger partial charge in [-0.05, 0) is 47.3 Å². The van der Waals surface area contributed by atoms with E-state index in [-0.39, 0.29) is 24.1 Å². The second-order valence-electron chi connectivity index (χ2n) is 9.16. The predicted molar refractivity (Wildman–Crippen MR) is 130 cm³/mol. The van der Waals surface area contributed by atoms with Crippen LogP contribution in [0.2, 0.25) is 0 Å². The molecule has 2 aromatic carbocycles. The molecule has 0 aliphatic carbocycles. The lowest BCUT2D eigenvalue weighted by Crippen LogP contribution is -2.52. The van der Waals surface area contributed by atoms with Crippen molar-refractivity contribution in [1.82, 2.24) is 19.5 Å². The quantitative estimate of drug-likeness (QED) is 0.584. The number of fused-ring (bicyclic) bond motifs is 2. The zero-order chi connectivity index (χ0) is 23.2. The average molecular weight is 476 g/mol. The first kappa shape index (κ1) is 21.2. The molecule has 1 aromatic heterocycles. The van der Waals surface area contributed by atoms with Crippen LogP contribution in [0.1, 0.15) is 34.3 Å². The van der Waals surface area contributed by atoms with E-state index in [1.54, 1.807) is 16.4 Å². The summed E-state index contributed by atoms with van der Waals surface area (Å²) in [7, 11) is 0. The lowest BCUT2D eigenvalue weighted by atomic mass is 10.0. The molecular weight excluding hydrogens is 450 g/mol. The maximum Gasteiger partial charge on any atom is 0.255 e. The van der Waals surface area contributed by atoms with Gasteiger partial charge in [-0.1, -0.05) is 24.3 Å². The molecule has 2 saturated heterocycles. The molecule has 0 radical (unpaired) electrons. The normalized spacial score (nSPS) is 21.3. The molecule has 0 bridgehead atoms. The zero-order valence-electron chi connectivity index (χ0n) is 18.7. The Bertz CT molecular complexity index is 1300. The lowest BCUT2D eigenvalue weighted by Gasteiger charge is -2.35. The number of carbonyl (C=O) groups excluding carboxylic acids is 3. The van der Waals surface area contributed by atoms with Gasteiger partial charge in [0, 0.05) is 56.6 Å². The van der Waals surface area contributed by atoms with E-state index in [2.05, 4.69) is 45.4 Å². The number of imide groups is 1. The highest BCUT2D eigenvalue weighted by Gasteiger charge is 2.39. The number of piperidine rings is 1. The Morgan fingerprint density at radius 1 is 1.03 bits per heavy atom. The molecule has 3 aliphatic heterocycles. The van der Waals surface area contributed by atoms with Gasteiger partial charge in [-0.25, -0.2) is 0 Å². The summed E-state index contributed by atoms with van der Waals surface area (Å²) in [5, 5.41) is 3.58. The molecule has 1 unspecified atom stereocenters. The number of rotatable bonds is 4. The molecule has 34 heavy (non-hydrogen) atoms. The van der Waals surface area contributed by atoms with Crippen molar-refractivity contribution in [3.05, 3.63) is 59.2 Å². The third-order valence-corrected chi connectivity index (χ3v) is 7.84. The monoisotopic (exact) mass is 475 g/mol. The second kappa shape index (κ2) is 8.48. The Labute approximate surface area is 201 Å². The van der Waals surface area contributed by atoms with Crippen molar-refractivity contribution in [2.45, 2.75) is 32.0 Å². The molecule has 174 valence electrons. The van der Waals surface area contributed by atoms with Gasteiger partial charge in [-0.15, -0.1) is 0 Å². The standard InChI is InChI=1S/C25H25N5O3S/c31-22-8-7-20(24(32)26-22)30-15-17-13-16(5-6-18(17)25(30)33)14-28-9-11-29(12-10-28)23-19-3-1-2-4-21(19)34-27-23/h1-6,13,20H,7-12,14-15H2,(H,26,31,32). The Kier molecular flexibility index (Phi) is 5.30. The van der Waals surface area contributed by atoms with Gasteiger partial charge in [0.1, 0.15) is 11.9 Å². The van der Waals surface area contributed by atoms with Crippen LogP contribution in [-0.4, -0.2) is 64.1 Å². The molecule has 8 nitrogen and oxygen atoms in total. The first-order valence-corrected chi connectivity index (χ1v) is 12.4. The van der Waals surface area contributed by atoms with Crippen molar-refractivity contribution in [3.63, 3.8) is 0 Å². The summed E-state index contributed by atoms with van der Waals surface area (Å²) in [5.74, 6) is 0.323. The summed E-state index contributed by atoms with van der Waals surface area (Å²) in [6.07, 6.45) is 0.653. The SMILES string of the molecule is O=C1CCC(N2Cc3cc(CN4CCN(c5nsc6ccccc56)CC4)ccc3C2=O)C(=O)N1. The van der Waals surface area contributed by atoms with E-state index < -0.39 is 6.04 Å². The van der Waals surface area contributed by atoms with Gasteiger partial charge < -0.3 is 9.80 Å². The molecule has 0 saturated carbocycles. The fourth-order valence-corrected chi connectivity index (χ4v) is 6.00. The third kappa shape index (κ3) is 3.74. The van der Waals surface area contributed by atoms with Gasteiger partial charge in [0.15, 0.2) is 0 Å². The Morgan fingerprint density at radius 2 is 1.85 bits per heavy atom. The number of anilines is 1. The number of aromatic nitrogens is 1. The van der Waals surface area contributed by atoms with Crippen molar-refractivity contribution >= 4 is 45.2 Å². The highest BCUT2D eigenvalue weighted by atomic mass is 32.1. The average Bonchev–Trinajstić information content (AvgIpc) is 3.41. The molecule has 2 fully saturated rings. The first-order chi connectivity index (χ1) is 16.6. The summed E-state index contributed by atoms with van der Waals surface area (Å²) in [6, 6.07) is 13.8. The predicted octanol–water partition coefficient (Wildman–Crippen LogP) is 2.38. The summed E-state index contributed by atoms with van der Waals surface area (Å²) < 4.78 is 5.92. The molecule has 3 aromatic rings. The van der Waals surface area contributed by atoms with E-state index >= 15 is 0 Å². The lowest BCUT2D eigenvalue weighted by molar-refractivity contribution is -0.136. The maximum absolute atomic E-state index is 12.9. The van der Waals surface area contributed by atoms with E-state index in [9.17, 15) is 14.4 Å². The number of benzene rings is 2. The second-order valence-corrected chi connectivity index (χ2v) is 9.96. The smallest absolute Gasteiger partial charge is 0.255 e. The van der Waals surface area contributed by atoms with Crippen molar-refractivity contribution in [3.8, 4) is 0 Å². The molecular formula is C25H25N5O3S. The number of nitrogens with zero attached hydrogens (tertiary/aromatic N) is 4. The minimum absolute atomic E-state index is 0.125. The van der Waals surface area contributed by atoms with Crippen LogP contribution in [0.25, 0.3) is 10.1 Å². The largest absolute Gasteiger partial charge is 0.353 e. The van der Waals surface area contributed by atoms with E-state index in [1.165, 1.54) is 15.6 Å². The highest BCUT2D eigenvalue weighted by Crippen LogP contribution is 2.31. The Balaban J connectivity index is 1.10. The van der Waals surface area contributed by atoms with Crippen molar-refractivity contribution in [2.24, 2.45) is 0 Å². The van der Waals surface area contributed by atoms with Crippen molar-refractivity contribution in [1.29, 1.82) is 0 Å². The number of carbonyl (C=O) groups is 3. The van der Waals surface area contributed by atoms with Crippen LogP contribution in [0.3, 0.4) is 0 Å². The van der Waals surface area contributed by atoms with Gasteiger partial charge in [0.2, 0.25) is 11.8 Å². The van der Waals surface area contributed by atoms with Crippen molar-refractivity contribution < 1.29 is 14.4 Å². The van der Waals surface area contributed by atoms with Crippen LogP contribution >= 0.6 is 11.5 Å². The molecule has 1 N–H and O–H groups in total. The van der Waals surface area contributed by atoms with E-state index in [0.717, 1.165) is 44.1 Å². The Morgan fingerprint density at radius 3 is 2.68 bits per heavy atom. The minimum Gasteiger partial charge on any atom is -0.353 e. The van der Waals surface area contributed by atoms with Crippen LogP contribution in [0.5, 0.6) is 0 Å². The fraction of sp³-hybridized carbons (Fsp3) is 0.360. The van der Waals surface area contributed by atoms with E-state index in [0.29, 0.717) is 18.5 Å². The number of hydrogen-bond acceptors (Lipinski definition) is 7. The van der Waals surface area contributed by atoms with Gasteiger partial charge >= 0.3 is 0 Å². The summed E-state index contributed by atoms with van der Waals surface area (Å²) in [6.45, 7) is 5.00. The van der Waals surface area contributed by atoms with E-state index in [1.807, 2.05) is 12.1 Å². The van der Waals surface area contributed by atoms with Crippen LogP contribution in [0, 0.1) is 0 Å².